The molecule has 1 saturated heterocycles. The summed E-state index contributed by atoms with van der Waals surface area (Å²) in [5.41, 5.74) is 1.14. The first-order chi connectivity index (χ1) is 13.9. The van der Waals surface area contributed by atoms with E-state index in [0.29, 0.717) is 26.2 Å². The molecule has 2 aromatic rings. The molecular formula is C20H23N3O5S. The summed E-state index contributed by atoms with van der Waals surface area (Å²) in [7, 11) is -2.31. The summed E-state index contributed by atoms with van der Waals surface area (Å²) >= 11 is 0. The Hall–Kier alpha value is -2.91. The molecule has 9 heteroatoms. The van der Waals surface area contributed by atoms with Gasteiger partial charge in [-0.05, 0) is 30.3 Å². The number of anilines is 1. The number of para-hydroxylation sites is 1. The number of nitrogens with one attached hydrogen (secondary N) is 1. The van der Waals surface area contributed by atoms with Gasteiger partial charge in [0.25, 0.3) is 5.91 Å². The molecule has 1 aliphatic rings. The zero-order valence-corrected chi connectivity index (χ0v) is 16.9. The van der Waals surface area contributed by atoms with Crippen LogP contribution >= 0.6 is 0 Å². The van der Waals surface area contributed by atoms with Crippen molar-refractivity contribution in [2.75, 3.05) is 44.7 Å². The van der Waals surface area contributed by atoms with Gasteiger partial charge in [-0.1, -0.05) is 24.3 Å². The third-order valence-corrected chi connectivity index (χ3v) is 6.58. The zero-order chi connectivity index (χ0) is 20.9. The smallest absolute Gasteiger partial charge is 0.338 e. The molecule has 2 aromatic carbocycles. The van der Waals surface area contributed by atoms with E-state index >= 15 is 0 Å². The second kappa shape index (κ2) is 9.06. The van der Waals surface area contributed by atoms with E-state index in [1.165, 1.54) is 35.6 Å². The van der Waals surface area contributed by atoms with Gasteiger partial charge >= 0.3 is 5.97 Å². The van der Waals surface area contributed by atoms with E-state index in [-0.39, 0.29) is 10.5 Å². The van der Waals surface area contributed by atoms with Crippen molar-refractivity contribution in [3.05, 3.63) is 60.2 Å². The van der Waals surface area contributed by atoms with Crippen molar-refractivity contribution in [1.82, 2.24) is 9.62 Å². The maximum Gasteiger partial charge on any atom is 0.338 e. The number of ether oxygens (including phenoxy) is 1. The first-order valence-electron chi connectivity index (χ1n) is 9.20. The van der Waals surface area contributed by atoms with Crippen LogP contribution in [0, 0.1) is 0 Å². The fraction of sp³-hybridized carbons (Fsp3) is 0.300. The van der Waals surface area contributed by atoms with Crippen LogP contribution in [0.3, 0.4) is 0 Å². The molecule has 1 heterocycles. The number of amides is 1. The average Bonchev–Trinajstić information content (AvgIpc) is 2.78. The van der Waals surface area contributed by atoms with Crippen LogP contribution in [-0.2, 0) is 19.6 Å². The molecule has 1 N–H and O–H groups in total. The fourth-order valence-electron chi connectivity index (χ4n) is 3.04. The minimum Gasteiger partial charge on any atom is -0.452 e. The van der Waals surface area contributed by atoms with Crippen LogP contribution in [0.2, 0.25) is 0 Å². The molecule has 3 rings (SSSR count). The quantitative estimate of drug-likeness (QED) is 0.707. The number of esters is 1. The topological polar surface area (TPSA) is 96.0 Å². The van der Waals surface area contributed by atoms with E-state index in [9.17, 15) is 18.0 Å². The van der Waals surface area contributed by atoms with Gasteiger partial charge in [-0.2, -0.15) is 4.31 Å². The molecule has 0 saturated carbocycles. The highest BCUT2D eigenvalue weighted by Gasteiger charge is 2.29. The van der Waals surface area contributed by atoms with Gasteiger partial charge in [-0.3, -0.25) is 4.79 Å². The summed E-state index contributed by atoms with van der Waals surface area (Å²) in [4.78, 5) is 25.5. The van der Waals surface area contributed by atoms with Gasteiger partial charge in [0.15, 0.2) is 6.61 Å². The largest absolute Gasteiger partial charge is 0.452 e. The highest BCUT2D eigenvalue weighted by Crippen LogP contribution is 2.22. The second-order valence-electron chi connectivity index (χ2n) is 6.50. The Balaban J connectivity index is 1.68. The van der Waals surface area contributed by atoms with Crippen LogP contribution in [0.25, 0.3) is 0 Å². The Morgan fingerprint density at radius 3 is 2.34 bits per heavy atom. The van der Waals surface area contributed by atoms with E-state index in [1.54, 1.807) is 0 Å². The Morgan fingerprint density at radius 1 is 1.00 bits per heavy atom. The third-order valence-electron chi connectivity index (χ3n) is 4.68. The van der Waals surface area contributed by atoms with Gasteiger partial charge in [0, 0.05) is 38.9 Å². The molecule has 0 atom stereocenters. The highest BCUT2D eigenvalue weighted by atomic mass is 32.2. The third kappa shape index (κ3) is 4.93. The molecule has 0 bridgehead atoms. The number of hydrogen-bond donors (Lipinski definition) is 1. The molecule has 1 aliphatic heterocycles. The number of nitrogens with zero attached hydrogens (tertiary/aromatic N) is 2. The molecule has 0 spiro atoms. The van der Waals surface area contributed by atoms with Crippen molar-refractivity contribution >= 4 is 27.6 Å². The second-order valence-corrected chi connectivity index (χ2v) is 8.44. The molecular weight excluding hydrogens is 394 g/mol. The monoisotopic (exact) mass is 417 g/mol. The summed E-state index contributed by atoms with van der Waals surface area (Å²) in [6.07, 6.45) is 0. The molecule has 1 amide bonds. The average molecular weight is 417 g/mol. The molecule has 0 radical (unpaired) electrons. The van der Waals surface area contributed by atoms with Gasteiger partial charge in [-0.25, -0.2) is 13.2 Å². The van der Waals surface area contributed by atoms with Crippen molar-refractivity contribution < 1.29 is 22.7 Å². The number of hydrogen-bond acceptors (Lipinski definition) is 6. The molecule has 0 aromatic heterocycles. The number of piperazine rings is 1. The summed E-state index contributed by atoms with van der Waals surface area (Å²) in [5.74, 6) is -1.20. The van der Waals surface area contributed by atoms with Crippen LogP contribution in [0.15, 0.2) is 59.5 Å². The number of sulfonamides is 1. The predicted molar refractivity (Wildman–Crippen MR) is 108 cm³/mol. The van der Waals surface area contributed by atoms with Crippen LogP contribution in [0.4, 0.5) is 5.69 Å². The van der Waals surface area contributed by atoms with Gasteiger partial charge in [0.05, 0.1) is 10.5 Å². The van der Waals surface area contributed by atoms with Crippen LogP contribution in [0.1, 0.15) is 10.4 Å². The fourth-order valence-corrected chi connectivity index (χ4v) is 4.51. The lowest BCUT2D eigenvalue weighted by Gasteiger charge is -2.35. The Morgan fingerprint density at radius 2 is 1.69 bits per heavy atom. The van der Waals surface area contributed by atoms with E-state index in [0.717, 1.165) is 5.69 Å². The van der Waals surface area contributed by atoms with Crippen molar-refractivity contribution in [2.24, 2.45) is 0 Å². The summed E-state index contributed by atoms with van der Waals surface area (Å²) in [6, 6.07) is 15.5. The van der Waals surface area contributed by atoms with Gasteiger partial charge < -0.3 is 15.0 Å². The SMILES string of the molecule is CNC(=O)COC(=O)c1cccc(S(=O)(=O)N2CCN(c3ccccc3)CC2)c1. The maximum absolute atomic E-state index is 13.0. The Kier molecular flexibility index (Phi) is 6.50. The van der Waals surface area contributed by atoms with Crippen LogP contribution < -0.4 is 10.2 Å². The first kappa shape index (κ1) is 20.8. The van der Waals surface area contributed by atoms with E-state index in [1.807, 2.05) is 30.3 Å². The van der Waals surface area contributed by atoms with Crippen molar-refractivity contribution in [3.63, 3.8) is 0 Å². The summed E-state index contributed by atoms with van der Waals surface area (Å²) in [6.45, 7) is 1.44. The molecule has 29 heavy (non-hydrogen) atoms. The normalized spacial score (nSPS) is 15.0. The van der Waals surface area contributed by atoms with Crippen LogP contribution in [0.5, 0.6) is 0 Å². The van der Waals surface area contributed by atoms with E-state index in [2.05, 4.69) is 10.2 Å². The predicted octanol–water partition coefficient (Wildman–Crippen LogP) is 1.10. The van der Waals surface area contributed by atoms with Gasteiger partial charge in [0.2, 0.25) is 10.0 Å². The minimum atomic E-state index is -3.74. The highest BCUT2D eigenvalue weighted by molar-refractivity contribution is 7.89. The van der Waals surface area contributed by atoms with Gasteiger partial charge in [-0.15, -0.1) is 0 Å². The molecule has 8 nitrogen and oxygen atoms in total. The lowest BCUT2D eigenvalue weighted by molar-refractivity contribution is -0.123. The molecule has 0 aliphatic carbocycles. The minimum absolute atomic E-state index is 0.0278. The molecule has 1 fully saturated rings. The molecule has 154 valence electrons. The number of carbonyl (C=O) groups is 2. The maximum atomic E-state index is 13.0. The Labute approximate surface area is 170 Å². The van der Waals surface area contributed by atoms with Crippen molar-refractivity contribution in [2.45, 2.75) is 4.90 Å². The number of benzene rings is 2. The Bertz CT molecular complexity index is 971. The van der Waals surface area contributed by atoms with E-state index in [4.69, 9.17) is 4.74 Å². The number of likely N-dealkylation sites (N-methyl/N-ethyl adjacent to an activating group) is 1. The van der Waals surface area contributed by atoms with Crippen LogP contribution in [-0.4, -0.2) is 64.4 Å². The molecule has 0 unspecified atom stereocenters. The first-order valence-corrected chi connectivity index (χ1v) is 10.6. The lowest BCUT2D eigenvalue weighted by Crippen LogP contribution is -2.48. The van der Waals surface area contributed by atoms with Gasteiger partial charge in [0.1, 0.15) is 0 Å². The number of carbonyl (C=O) groups excluding carboxylic acids is 2. The zero-order valence-electron chi connectivity index (χ0n) is 16.1. The van der Waals surface area contributed by atoms with Crippen molar-refractivity contribution in [3.8, 4) is 0 Å². The summed E-state index contributed by atoms with van der Waals surface area (Å²) in [5, 5.41) is 2.34. The standard InChI is InChI=1S/C20H23N3O5S/c1-21-19(24)15-28-20(25)16-6-5-9-18(14-16)29(26,27)23-12-10-22(11-13-23)17-7-3-2-4-8-17/h2-9,14H,10-13,15H2,1H3,(H,21,24). The van der Waals surface area contributed by atoms with E-state index < -0.39 is 28.5 Å². The lowest BCUT2D eigenvalue weighted by atomic mass is 10.2. The number of rotatable bonds is 6. The summed E-state index contributed by atoms with van der Waals surface area (Å²) < 4.78 is 32.3. The van der Waals surface area contributed by atoms with Crippen molar-refractivity contribution in [1.29, 1.82) is 0 Å².